The minimum absolute atomic E-state index is 0.118. The largest absolute Gasteiger partial charge is 0.493 e. The summed E-state index contributed by atoms with van der Waals surface area (Å²) in [5.41, 5.74) is 0.767. The van der Waals surface area contributed by atoms with E-state index in [1.165, 1.54) is 0 Å². The fraction of sp³-hybridized carbons (Fsp3) is 0.462. The lowest BCUT2D eigenvalue weighted by Crippen LogP contribution is -2.22. The quantitative estimate of drug-likeness (QED) is 0.768. The van der Waals surface area contributed by atoms with E-state index in [-0.39, 0.29) is 6.54 Å². The molecule has 0 aromatic heterocycles. The van der Waals surface area contributed by atoms with Crippen LogP contribution in [-0.4, -0.2) is 31.3 Å². The number of carbonyl (C=O) groups is 1. The summed E-state index contributed by atoms with van der Waals surface area (Å²) < 4.78 is 10.8. The Morgan fingerprint density at radius 3 is 2.74 bits per heavy atom. The minimum Gasteiger partial charge on any atom is -0.493 e. The summed E-state index contributed by atoms with van der Waals surface area (Å²) in [7, 11) is 1.55. The van der Waals surface area contributed by atoms with Gasteiger partial charge in [0.05, 0.1) is 20.3 Å². The van der Waals surface area contributed by atoms with Crippen LogP contribution in [0.2, 0.25) is 5.02 Å². The summed E-state index contributed by atoms with van der Waals surface area (Å²) in [5, 5.41) is 11.9. The lowest BCUT2D eigenvalue weighted by atomic mass is 10.2. The van der Waals surface area contributed by atoms with Gasteiger partial charge in [-0.05, 0) is 18.1 Å². The van der Waals surface area contributed by atoms with Gasteiger partial charge >= 0.3 is 5.97 Å². The van der Waals surface area contributed by atoms with Crippen LogP contribution in [0.15, 0.2) is 12.1 Å². The molecule has 0 atom stereocenters. The molecule has 1 aromatic carbocycles. The van der Waals surface area contributed by atoms with Crippen molar-refractivity contribution in [3.63, 3.8) is 0 Å². The van der Waals surface area contributed by atoms with Gasteiger partial charge < -0.3 is 19.9 Å². The Bertz CT molecular complexity index is 437. The first-order valence-electron chi connectivity index (χ1n) is 6.00. The first-order valence-corrected chi connectivity index (χ1v) is 6.38. The van der Waals surface area contributed by atoms with Gasteiger partial charge in [0, 0.05) is 17.6 Å². The molecule has 0 radical (unpaired) electrons. The van der Waals surface area contributed by atoms with E-state index in [0.29, 0.717) is 29.7 Å². The third-order valence-corrected chi connectivity index (χ3v) is 2.74. The molecule has 6 heteroatoms. The number of rotatable bonds is 8. The molecular weight excluding hydrogens is 270 g/mol. The van der Waals surface area contributed by atoms with Crippen molar-refractivity contribution in [1.82, 2.24) is 5.32 Å². The van der Waals surface area contributed by atoms with Crippen LogP contribution in [0.5, 0.6) is 11.5 Å². The molecule has 0 spiro atoms. The molecule has 0 aliphatic carbocycles. The Morgan fingerprint density at radius 1 is 1.42 bits per heavy atom. The maximum atomic E-state index is 10.4. The zero-order valence-corrected chi connectivity index (χ0v) is 11.8. The lowest BCUT2D eigenvalue weighted by Gasteiger charge is -2.13. The van der Waals surface area contributed by atoms with Gasteiger partial charge in [0.15, 0.2) is 11.5 Å². The maximum absolute atomic E-state index is 10.4. The smallest absolute Gasteiger partial charge is 0.317 e. The predicted octanol–water partition coefficient (Wildman–Crippen LogP) is 2.31. The number of methoxy groups -OCH3 is 1. The predicted molar refractivity (Wildman–Crippen MR) is 73.1 cm³/mol. The van der Waals surface area contributed by atoms with Gasteiger partial charge in [0.25, 0.3) is 0 Å². The van der Waals surface area contributed by atoms with Gasteiger partial charge in [-0.15, -0.1) is 0 Å². The molecule has 5 nitrogen and oxygen atoms in total. The first kappa shape index (κ1) is 15.6. The number of aliphatic carboxylic acids is 1. The summed E-state index contributed by atoms with van der Waals surface area (Å²) >= 11 is 6.13. The van der Waals surface area contributed by atoms with Crippen molar-refractivity contribution >= 4 is 17.6 Å². The molecule has 0 unspecified atom stereocenters. The van der Waals surface area contributed by atoms with Gasteiger partial charge in [0.1, 0.15) is 0 Å². The number of halogens is 1. The molecule has 2 N–H and O–H groups in total. The van der Waals surface area contributed by atoms with Crippen molar-refractivity contribution in [1.29, 1.82) is 0 Å². The summed E-state index contributed by atoms with van der Waals surface area (Å²) in [6.45, 7) is 2.84. The van der Waals surface area contributed by atoms with Crippen LogP contribution in [0.25, 0.3) is 0 Å². The van der Waals surface area contributed by atoms with E-state index < -0.39 is 5.97 Å². The van der Waals surface area contributed by atoms with Crippen LogP contribution < -0.4 is 14.8 Å². The third-order valence-electron chi connectivity index (χ3n) is 2.39. The van der Waals surface area contributed by atoms with Crippen LogP contribution in [0.4, 0.5) is 0 Å². The van der Waals surface area contributed by atoms with Gasteiger partial charge in [-0.25, -0.2) is 0 Å². The Morgan fingerprint density at radius 2 is 2.16 bits per heavy atom. The van der Waals surface area contributed by atoms with Gasteiger partial charge in [-0.2, -0.15) is 0 Å². The number of nitrogens with one attached hydrogen (secondary N) is 1. The lowest BCUT2D eigenvalue weighted by molar-refractivity contribution is -0.135. The second-order valence-corrected chi connectivity index (χ2v) is 4.35. The van der Waals surface area contributed by atoms with Crippen molar-refractivity contribution < 1.29 is 19.4 Å². The SMILES string of the molecule is CCCOc1cc(Cl)c(CNCC(=O)O)cc1OC. The van der Waals surface area contributed by atoms with E-state index in [1.807, 2.05) is 6.92 Å². The molecular formula is C13H18ClNO4. The zero-order chi connectivity index (χ0) is 14.3. The number of ether oxygens (including phenoxy) is 2. The molecule has 0 saturated carbocycles. The number of hydrogen-bond acceptors (Lipinski definition) is 4. The molecule has 19 heavy (non-hydrogen) atoms. The van der Waals surface area contributed by atoms with Gasteiger partial charge in [-0.3, -0.25) is 4.79 Å². The second kappa shape index (κ2) is 7.86. The highest BCUT2D eigenvalue weighted by Gasteiger charge is 2.10. The van der Waals surface area contributed by atoms with Crippen LogP contribution in [0, 0.1) is 0 Å². The summed E-state index contributed by atoms with van der Waals surface area (Å²) in [6, 6.07) is 3.44. The standard InChI is InChI=1S/C13H18ClNO4/c1-3-4-19-12-6-10(14)9(5-11(12)18-2)7-15-8-13(16)17/h5-6,15H,3-4,7-8H2,1-2H3,(H,16,17). The minimum atomic E-state index is -0.911. The topological polar surface area (TPSA) is 67.8 Å². The van der Waals surface area contributed by atoms with Crippen LogP contribution in [0.3, 0.4) is 0 Å². The molecule has 1 aromatic rings. The molecule has 0 amide bonds. The Kier molecular flexibility index (Phi) is 6.45. The highest BCUT2D eigenvalue weighted by Crippen LogP contribution is 2.33. The van der Waals surface area contributed by atoms with Crippen molar-refractivity contribution in [2.75, 3.05) is 20.3 Å². The normalized spacial score (nSPS) is 10.3. The van der Waals surface area contributed by atoms with E-state index in [9.17, 15) is 4.79 Å². The zero-order valence-electron chi connectivity index (χ0n) is 11.0. The van der Waals surface area contributed by atoms with Gasteiger partial charge in [-0.1, -0.05) is 18.5 Å². The molecule has 106 valence electrons. The van der Waals surface area contributed by atoms with Crippen LogP contribution >= 0.6 is 11.6 Å². The Balaban J connectivity index is 2.80. The average Bonchev–Trinajstić information content (AvgIpc) is 2.38. The fourth-order valence-corrected chi connectivity index (χ4v) is 1.72. The molecule has 0 heterocycles. The second-order valence-electron chi connectivity index (χ2n) is 3.94. The molecule has 0 fully saturated rings. The number of carboxylic acids is 1. The fourth-order valence-electron chi connectivity index (χ4n) is 1.50. The van der Waals surface area contributed by atoms with E-state index in [0.717, 1.165) is 12.0 Å². The first-order chi connectivity index (χ1) is 9.08. The molecule has 0 aliphatic heterocycles. The van der Waals surface area contributed by atoms with Crippen molar-refractivity contribution in [3.05, 3.63) is 22.7 Å². The maximum Gasteiger partial charge on any atom is 0.317 e. The van der Waals surface area contributed by atoms with E-state index in [4.69, 9.17) is 26.2 Å². The third kappa shape index (κ3) is 4.96. The van der Waals surface area contributed by atoms with Crippen LogP contribution in [0.1, 0.15) is 18.9 Å². The Hall–Kier alpha value is -1.46. The van der Waals surface area contributed by atoms with Crippen LogP contribution in [-0.2, 0) is 11.3 Å². The molecule has 1 rings (SSSR count). The van der Waals surface area contributed by atoms with Crippen molar-refractivity contribution in [2.24, 2.45) is 0 Å². The number of carboxylic acid groups (broad SMARTS) is 1. The highest BCUT2D eigenvalue weighted by molar-refractivity contribution is 6.31. The van der Waals surface area contributed by atoms with Crippen molar-refractivity contribution in [3.8, 4) is 11.5 Å². The number of benzene rings is 1. The van der Waals surface area contributed by atoms with E-state index >= 15 is 0 Å². The average molecular weight is 288 g/mol. The van der Waals surface area contributed by atoms with Gasteiger partial charge in [0.2, 0.25) is 0 Å². The summed E-state index contributed by atoms with van der Waals surface area (Å²) in [4.78, 5) is 10.4. The summed E-state index contributed by atoms with van der Waals surface area (Å²) in [5.74, 6) is 0.271. The number of hydrogen-bond donors (Lipinski definition) is 2. The van der Waals surface area contributed by atoms with E-state index in [2.05, 4.69) is 5.32 Å². The summed E-state index contributed by atoms with van der Waals surface area (Å²) in [6.07, 6.45) is 0.892. The monoisotopic (exact) mass is 287 g/mol. The molecule has 0 saturated heterocycles. The highest BCUT2D eigenvalue weighted by atomic mass is 35.5. The Labute approximate surface area is 117 Å². The van der Waals surface area contributed by atoms with Crippen molar-refractivity contribution in [2.45, 2.75) is 19.9 Å². The van der Waals surface area contributed by atoms with E-state index in [1.54, 1.807) is 19.2 Å². The molecule has 0 bridgehead atoms. The molecule has 0 aliphatic rings.